The lowest BCUT2D eigenvalue weighted by Gasteiger charge is -2.23. The van der Waals surface area contributed by atoms with E-state index in [1.165, 1.54) is 0 Å². The van der Waals surface area contributed by atoms with Crippen LogP contribution in [0, 0.1) is 11.8 Å². The number of carbonyl (C=O) groups excluding carboxylic acids is 2. The maximum absolute atomic E-state index is 12.0. The van der Waals surface area contributed by atoms with Crippen LogP contribution < -0.4 is 0 Å². The molecular formula is C12H20O7. The van der Waals surface area contributed by atoms with Crippen LogP contribution in [-0.4, -0.2) is 65.2 Å². The third-order valence-corrected chi connectivity index (χ3v) is 3.24. The summed E-state index contributed by atoms with van der Waals surface area (Å²) in [5.41, 5.74) is 0. The molecule has 3 N–H and O–H groups in total. The molecule has 1 rings (SSSR count). The number of Topliss-reactive ketones (excluding diaryl/α,β-unsaturated/α-hetero) is 1. The molecule has 0 amide bonds. The SMILES string of the molecule is COC(=O)[C@H](C(=O)C(C)C)[C@H]1O[C@H](CO)[C@@H](O)[C@H]1O. The van der Waals surface area contributed by atoms with Crippen molar-refractivity contribution in [1.82, 2.24) is 0 Å². The third kappa shape index (κ3) is 3.11. The van der Waals surface area contributed by atoms with Gasteiger partial charge in [0.2, 0.25) is 0 Å². The molecule has 0 unspecified atom stereocenters. The molecule has 0 aromatic carbocycles. The van der Waals surface area contributed by atoms with Crippen molar-refractivity contribution >= 4 is 11.8 Å². The minimum Gasteiger partial charge on any atom is -0.468 e. The zero-order valence-corrected chi connectivity index (χ0v) is 11.1. The van der Waals surface area contributed by atoms with Gasteiger partial charge in [0.15, 0.2) is 5.78 Å². The van der Waals surface area contributed by atoms with Crippen LogP contribution in [0.2, 0.25) is 0 Å². The highest BCUT2D eigenvalue weighted by Gasteiger charge is 2.51. The summed E-state index contributed by atoms with van der Waals surface area (Å²) in [7, 11) is 1.13. The third-order valence-electron chi connectivity index (χ3n) is 3.24. The molecular weight excluding hydrogens is 256 g/mol. The number of aliphatic hydroxyl groups excluding tert-OH is 3. The molecule has 110 valence electrons. The van der Waals surface area contributed by atoms with Gasteiger partial charge < -0.3 is 24.8 Å². The van der Waals surface area contributed by atoms with Crippen molar-refractivity contribution in [3.05, 3.63) is 0 Å². The van der Waals surface area contributed by atoms with Crippen molar-refractivity contribution in [2.45, 2.75) is 38.3 Å². The minimum atomic E-state index is -1.43. The van der Waals surface area contributed by atoms with Crippen molar-refractivity contribution in [3.8, 4) is 0 Å². The van der Waals surface area contributed by atoms with Crippen molar-refractivity contribution in [1.29, 1.82) is 0 Å². The first kappa shape index (κ1) is 16.0. The summed E-state index contributed by atoms with van der Waals surface area (Å²) >= 11 is 0. The number of carbonyl (C=O) groups is 2. The van der Waals surface area contributed by atoms with Crippen molar-refractivity contribution in [3.63, 3.8) is 0 Å². The van der Waals surface area contributed by atoms with Gasteiger partial charge in [-0.2, -0.15) is 0 Å². The van der Waals surface area contributed by atoms with Gasteiger partial charge in [-0.1, -0.05) is 13.8 Å². The molecule has 0 aliphatic carbocycles. The van der Waals surface area contributed by atoms with Gasteiger partial charge in [0.1, 0.15) is 30.3 Å². The van der Waals surface area contributed by atoms with Crippen molar-refractivity contribution in [2.24, 2.45) is 11.8 Å². The van der Waals surface area contributed by atoms with E-state index >= 15 is 0 Å². The van der Waals surface area contributed by atoms with Crippen LogP contribution >= 0.6 is 0 Å². The largest absolute Gasteiger partial charge is 0.468 e. The number of esters is 1. The Morgan fingerprint density at radius 2 is 1.84 bits per heavy atom. The molecule has 0 aromatic rings. The van der Waals surface area contributed by atoms with Crippen LogP contribution in [0.5, 0.6) is 0 Å². The van der Waals surface area contributed by atoms with Gasteiger partial charge in [0, 0.05) is 5.92 Å². The number of ether oxygens (including phenoxy) is 2. The molecule has 0 aromatic heterocycles. The summed E-state index contributed by atoms with van der Waals surface area (Å²) in [6.07, 6.45) is -5.01. The zero-order chi connectivity index (χ0) is 14.7. The van der Waals surface area contributed by atoms with E-state index in [-0.39, 0.29) is 0 Å². The molecule has 0 spiro atoms. The summed E-state index contributed by atoms with van der Waals surface area (Å²) in [6, 6.07) is 0. The highest BCUT2D eigenvalue weighted by molar-refractivity contribution is 6.00. The van der Waals surface area contributed by atoms with Crippen LogP contribution in [0.15, 0.2) is 0 Å². The summed E-state index contributed by atoms with van der Waals surface area (Å²) in [6.45, 7) is 2.71. The van der Waals surface area contributed by atoms with Gasteiger partial charge in [0.25, 0.3) is 0 Å². The predicted octanol–water partition coefficient (Wildman–Crippen LogP) is -1.52. The minimum absolute atomic E-state index is 0.443. The molecule has 19 heavy (non-hydrogen) atoms. The number of hydrogen-bond donors (Lipinski definition) is 3. The van der Waals surface area contributed by atoms with Crippen LogP contribution in [0.4, 0.5) is 0 Å². The fraction of sp³-hybridized carbons (Fsp3) is 0.833. The summed E-state index contributed by atoms with van der Waals surface area (Å²) in [5, 5.41) is 28.5. The lowest BCUT2D eigenvalue weighted by Crippen LogP contribution is -2.44. The first-order valence-electron chi connectivity index (χ1n) is 6.09. The van der Waals surface area contributed by atoms with E-state index in [2.05, 4.69) is 4.74 Å². The normalized spacial score (nSPS) is 32.4. The Balaban J connectivity index is 2.99. The second kappa shape index (κ2) is 6.42. The summed E-state index contributed by atoms with van der Waals surface area (Å²) in [5.74, 6) is -3.04. The first-order valence-corrected chi connectivity index (χ1v) is 6.09. The fourth-order valence-electron chi connectivity index (χ4n) is 2.10. The van der Waals surface area contributed by atoms with Crippen LogP contribution in [0.3, 0.4) is 0 Å². The monoisotopic (exact) mass is 276 g/mol. The van der Waals surface area contributed by atoms with Gasteiger partial charge in [-0.05, 0) is 0 Å². The Kier molecular flexibility index (Phi) is 5.42. The summed E-state index contributed by atoms with van der Waals surface area (Å²) < 4.78 is 9.77. The van der Waals surface area contributed by atoms with E-state index in [9.17, 15) is 19.8 Å². The Morgan fingerprint density at radius 3 is 2.21 bits per heavy atom. The molecule has 1 aliphatic heterocycles. The number of methoxy groups -OCH3 is 1. The molecule has 5 atom stereocenters. The predicted molar refractivity (Wildman–Crippen MR) is 63.1 cm³/mol. The maximum Gasteiger partial charge on any atom is 0.319 e. The van der Waals surface area contributed by atoms with E-state index in [0.717, 1.165) is 7.11 Å². The second-order valence-electron chi connectivity index (χ2n) is 4.86. The molecule has 7 heteroatoms. The maximum atomic E-state index is 12.0. The van der Waals surface area contributed by atoms with Gasteiger partial charge in [-0.25, -0.2) is 0 Å². The molecule has 0 saturated carbocycles. The lowest BCUT2D eigenvalue weighted by atomic mass is 9.87. The standard InChI is InChI=1S/C12H20O7/c1-5(2)8(14)7(12(17)18-3)11-10(16)9(15)6(4-13)19-11/h5-7,9-11,13,15-16H,4H2,1-3H3/t6-,7-,9-,10-,11-/m1/s1. The first-order chi connectivity index (χ1) is 8.84. The van der Waals surface area contributed by atoms with Crippen LogP contribution in [0.1, 0.15) is 13.8 Å². The Bertz CT molecular complexity index is 341. The highest BCUT2D eigenvalue weighted by atomic mass is 16.6. The molecule has 1 saturated heterocycles. The topological polar surface area (TPSA) is 113 Å². The van der Waals surface area contributed by atoms with Crippen molar-refractivity contribution < 1.29 is 34.4 Å². The Labute approximate surface area is 111 Å². The number of rotatable bonds is 5. The van der Waals surface area contributed by atoms with Crippen LogP contribution in [0.25, 0.3) is 0 Å². The van der Waals surface area contributed by atoms with Gasteiger partial charge >= 0.3 is 5.97 Å². The molecule has 0 radical (unpaired) electrons. The van der Waals surface area contributed by atoms with E-state index < -0.39 is 54.6 Å². The second-order valence-corrected chi connectivity index (χ2v) is 4.86. The van der Waals surface area contributed by atoms with Gasteiger partial charge in [-0.15, -0.1) is 0 Å². The van der Waals surface area contributed by atoms with E-state index in [0.29, 0.717) is 0 Å². The van der Waals surface area contributed by atoms with E-state index in [1.54, 1.807) is 13.8 Å². The van der Waals surface area contributed by atoms with Gasteiger partial charge in [0.05, 0.1) is 13.7 Å². The number of aliphatic hydroxyl groups is 3. The summed E-state index contributed by atoms with van der Waals surface area (Å²) in [4.78, 5) is 23.8. The van der Waals surface area contributed by atoms with Gasteiger partial charge in [-0.3, -0.25) is 9.59 Å². The van der Waals surface area contributed by atoms with E-state index in [1.807, 2.05) is 0 Å². The molecule has 0 bridgehead atoms. The van der Waals surface area contributed by atoms with E-state index in [4.69, 9.17) is 9.84 Å². The number of hydrogen-bond acceptors (Lipinski definition) is 7. The quantitative estimate of drug-likeness (QED) is 0.413. The smallest absolute Gasteiger partial charge is 0.319 e. The zero-order valence-electron chi connectivity index (χ0n) is 11.1. The molecule has 1 heterocycles. The fourth-order valence-corrected chi connectivity index (χ4v) is 2.10. The lowest BCUT2D eigenvalue weighted by molar-refractivity contribution is -0.159. The molecule has 7 nitrogen and oxygen atoms in total. The van der Waals surface area contributed by atoms with Crippen molar-refractivity contribution in [2.75, 3.05) is 13.7 Å². The molecule has 1 aliphatic rings. The average molecular weight is 276 g/mol. The highest BCUT2D eigenvalue weighted by Crippen LogP contribution is 2.29. The number of ketones is 1. The molecule has 1 fully saturated rings. The van der Waals surface area contributed by atoms with Crippen LogP contribution in [-0.2, 0) is 19.1 Å². The Morgan fingerprint density at radius 1 is 1.26 bits per heavy atom. The average Bonchev–Trinajstić information content (AvgIpc) is 2.66. The Hall–Kier alpha value is -1.02.